The van der Waals surface area contributed by atoms with Crippen LogP contribution in [0.25, 0.3) is 0 Å². The van der Waals surface area contributed by atoms with Gasteiger partial charge in [-0.2, -0.15) is 0 Å². The zero-order valence-electron chi connectivity index (χ0n) is 22.7. The van der Waals surface area contributed by atoms with Gasteiger partial charge in [0.1, 0.15) is 11.4 Å². The summed E-state index contributed by atoms with van der Waals surface area (Å²) in [5, 5.41) is 3.25. The molecule has 3 aromatic rings. The van der Waals surface area contributed by atoms with Gasteiger partial charge in [0.2, 0.25) is 11.8 Å². The number of carbonyl (C=O) groups is 2. The maximum absolute atomic E-state index is 14.6. The van der Waals surface area contributed by atoms with E-state index in [4.69, 9.17) is 0 Å². The number of carbonyl (C=O) groups excluding carboxylic acids is 2. The van der Waals surface area contributed by atoms with Crippen molar-refractivity contribution >= 4 is 17.5 Å². The molecule has 1 heterocycles. The molecule has 0 atom stereocenters. The average molecular weight is 528 g/mol. The van der Waals surface area contributed by atoms with Crippen LogP contribution in [0.2, 0.25) is 0 Å². The van der Waals surface area contributed by atoms with Crippen molar-refractivity contribution in [3.63, 3.8) is 0 Å². The second-order valence-corrected chi connectivity index (χ2v) is 11.0. The van der Waals surface area contributed by atoms with Crippen LogP contribution >= 0.6 is 0 Å². The van der Waals surface area contributed by atoms with E-state index >= 15 is 0 Å². The molecule has 0 unspecified atom stereocenters. The lowest BCUT2D eigenvalue weighted by Crippen LogP contribution is -2.63. The fourth-order valence-electron chi connectivity index (χ4n) is 6.17. The Kier molecular flexibility index (Phi) is 8.30. The number of rotatable bonds is 7. The molecule has 1 aliphatic heterocycles. The van der Waals surface area contributed by atoms with E-state index in [0.29, 0.717) is 44.7 Å². The summed E-state index contributed by atoms with van der Waals surface area (Å²) in [5.74, 6) is -0.396. The Labute approximate surface area is 231 Å². The molecule has 2 amide bonds. The molecule has 1 saturated carbocycles. The molecular formula is C33H38FN3O2. The molecule has 5 nitrogen and oxygen atoms in total. The number of halogens is 1. The topological polar surface area (TPSA) is 52.6 Å². The van der Waals surface area contributed by atoms with E-state index in [-0.39, 0.29) is 30.0 Å². The van der Waals surface area contributed by atoms with Gasteiger partial charge in [-0.1, -0.05) is 86.0 Å². The summed E-state index contributed by atoms with van der Waals surface area (Å²) < 4.78 is 14.6. The minimum atomic E-state index is -0.870. The van der Waals surface area contributed by atoms with Crippen molar-refractivity contribution < 1.29 is 14.0 Å². The van der Waals surface area contributed by atoms with Crippen LogP contribution < -0.4 is 10.2 Å². The highest BCUT2D eigenvalue weighted by atomic mass is 19.1. The van der Waals surface area contributed by atoms with Crippen molar-refractivity contribution in [3.05, 3.63) is 101 Å². The lowest BCUT2D eigenvalue weighted by Gasteiger charge is -2.43. The molecule has 5 rings (SSSR count). The summed E-state index contributed by atoms with van der Waals surface area (Å²) in [5.41, 5.74) is 2.78. The fourth-order valence-corrected chi connectivity index (χ4v) is 6.17. The third kappa shape index (κ3) is 6.16. The van der Waals surface area contributed by atoms with Crippen molar-refractivity contribution in [2.45, 2.75) is 56.9 Å². The van der Waals surface area contributed by atoms with Gasteiger partial charge >= 0.3 is 0 Å². The molecule has 6 heteroatoms. The maximum Gasteiger partial charge on any atom is 0.248 e. The van der Waals surface area contributed by atoms with Crippen LogP contribution in [-0.4, -0.2) is 48.4 Å². The normalized spacial score (nSPS) is 17.2. The lowest BCUT2D eigenvalue weighted by atomic mass is 9.79. The maximum atomic E-state index is 14.6. The molecular weight excluding hydrogens is 489 g/mol. The van der Waals surface area contributed by atoms with E-state index in [1.165, 1.54) is 0 Å². The molecule has 1 aliphatic carbocycles. The molecule has 0 bridgehead atoms. The monoisotopic (exact) mass is 527 g/mol. The second kappa shape index (κ2) is 12.0. The Hall–Kier alpha value is -3.67. The van der Waals surface area contributed by atoms with Crippen LogP contribution in [0, 0.1) is 12.7 Å². The van der Waals surface area contributed by atoms with Gasteiger partial charge < -0.3 is 15.1 Å². The van der Waals surface area contributed by atoms with E-state index in [9.17, 15) is 14.0 Å². The van der Waals surface area contributed by atoms with Crippen LogP contribution in [0.1, 0.15) is 61.1 Å². The molecule has 2 fully saturated rings. The first-order chi connectivity index (χ1) is 18.9. The SMILES string of the molecule is Cc1ccc(N2CCN(C(=O)C3(NC(=O)CC(c4ccccc4)c4ccccc4)CCCCC3)CC2)c(F)c1. The Morgan fingerprint density at radius 3 is 2.00 bits per heavy atom. The zero-order chi connectivity index (χ0) is 27.2. The fraction of sp³-hybridized carbons (Fsp3) is 0.394. The summed E-state index contributed by atoms with van der Waals surface area (Å²) >= 11 is 0. The highest BCUT2D eigenvalue weighted by Gasteiger charge is 2.44. The van der Waals surface area contributed by atoms with Gasteiger partial charge in [0.15, 0.2) is 0 Å². The largest absolute Gasteiger partial charge is 0.366 e. The van der Waals surface area contributed by atoms with Gasteiger partial charge in [0.25, 0.3) is 0 Å². The van der Waals surface area contributed by atoms with Crippen LogP contribution in [0.4, 0.5) is 10.1 Å². The van der Waals surface area contributed by atoms with Crippen molar-refractivity contribution in [2.24, 2.45) is 0 Å². The number of piperazine rings is 1. The van der Waals surface area contributed by atoms with Gasteiger partial charge in [-0.05, 0) is 48.6 Å². The Bertz CT molecular complexity index is 1230. The number of aryl methyl sites for hydroxylation is 1. The summed E-state index contributed by atoms with van der Waals surface area (Å²) in [6, 6.07) is 25.5. The van der Waals surface area contributed by atoms with E-state index < -0.39 is 5.54 Å². The summed E-state index contributed by atoms with van der Waals surface area (Å²) in [7, 11) is 0. The number of nitrogens with zero attached hydrogens (tertiary/aromatic N) is 2. The number of benzene rings is 3. The Balaban J connectivity index is 1.29. The molecule has 1 saturated heterocycles. The molecule has 39 heavy (non-hydrogen) atoms. The molecule has 1 N–H and O–H groups in total. The van der Waals surface area contributed by atoms with Crippen molar-refractivity contribution in [1.29, 1.82) is 0 Å². The predicted molar refractivity (Wildman–Crippen MR) is 153 cm³/mol. The summed E-state index contributed by atoms with van der Waals surface area (Å²) in [6.07, 6.45) is 4.51. The number of nitrogens with one attached hydrogen (secondary N) is 1. The van der Waals surface area contributed by atoms with Crippen LogP contribution in [0.15, 0.2) is 78.9 Å². The molecule has 0 spiro atoms. The van der Waals surface area contributed by atoms with Gasteiger partial charge in [0.05, 0.1) is 5.69 Å². The third-order valence-corrected chi connectivity index (χ3v) is 8.30. The first-order valence-electron chi connectivity index (χ1n) is 14.2. The predicted octanol–water partition coefficient (Wildman–Crippen LogP) is 5.82. The number of anilines is 1. The van der Waals surface area contributed by atoms with Gasteiger partial charge in [-0.25, -0.2) is 4.39 Å². The van der Waals surface area contributed by atoms with Crippen LogP contribution in [0.5, 0.6) is 0 Å². The van der Waals surface area contributed by atoms with E-state index in [0.717, 1.165) is 36.0 Å². The van der Waals surface area contributed by atoms with Crippen LogP contribution in [0.3, 0.4) is 0 Å². The van der Waals surface area contributed by atoms with Crippen molar-refractivity contribution in [2.75, 3.05) is 31.1 Å². The summed E-state index contributed by atoms with van der Waals surface area (Å²) in [6.45, 7) is 4.05. The average Bonchev–Trinajstić information content (AvgIpc) is 2.97. The number of hydrogen-bond acceptors (Lipinski definition) is 3. The molecule has 204 valence electrons. The van der Waals surface area contributed by atoms with Crippen LogP contribution in [-0.2, 0) is 9.59 Å². The van der Waals surface area contributed by atoms with Crippen molar-refractivity contribution in [3.8, 4) is 0 Å². The summed E-state index contributed by atoms with van der Waals surface area (Å²) in [4.78, 5) is 31.5. The quantitative estimate of drug-likeness (QED) is 0.421. The smallest absolute Gasteiger partial charge is 0.248 e. The lowest BCUT2D eigenvalue weighted by molar-refractivity contribution is -0.143. The molecule has 2 aliphatic rings. The van der Waals surface area contributed by atoms with E-state index in [1.54, 1.807) is 6.07 Å². The minimum Gasteiger partial charge on any atom is -0.366 e. The number of hydrogen-bond donors (Lipinski definition) is 1. The van der Waals surface area contributed by atoms with E-state index in [1.807, 2.05) is 65.3 Å². The Morgan fingerprint density at radius 2 is 1.44 bits per heavy atom. The third-order valence-electron chi connectivity index (χ3n) is 8.30. The molecule has 0 aromatic heterocycles. The highest BCUT2D eigenvalue weighted by Crippen LogP contribution is 2.33. The second-order valence-electron chi connectivity index (χ2n) is 11.0. The molecule has 0 radical (unpaired) electrons. The Morgan fingerprint density at radius 1 is 0.846 bits per heavy atom. The molecule has 3 aromatic carbocycles. The van der Waals surface area contributed by atoms with Gasteiger partial charge in [-0.3, -0.25) is 9.59 Å². The van der Waals surface area contributed by atoms with Crippen molar-refractivity contribution in [1.82, 2.24) is 10.2 Å². The first-order valence-corrected chi connectivity index (χ1v) is 14.2. The highest BCUT2D eigenvalue weighted by molar-refractivity contribution is 5.92. The standard InChI is InChI=1S/C33H38FN3O2/c1-25-15-16-30(29(34)23-25)36-19-21-37(22-20-36)32(39)33(17-9-4-10-18-33)35-31(38)24-28(26-11-5-2-6-12-26)27-13-7-3-8-14-27/h2-3,5-8,11-16,23,28H,4,9-10,17-22,24H2,1H3,(H,35,38). The van der Waals surface area contributed by atoms with Gasteiger partial charge in [0, 0.05) is 38.5 Å². The van der Waals surface area contributed by atoms with E-state index in [2.05, 4.69) is 29.6 Å². The zero-order valence-corrected chi connectivity index (χ0v) is 22.7. The first kappa shape index (κ1) is 26.9. The number of amides is 2. The van der Waals surface area contributed by atoms with Gasteiger partial charge in [-0.15, -0.1) is 0 Å². The minimum absolute atomic E-state index is 0.00977.